The highest BCUT2D eigenvalue weighted by Crippen LogP contribution is 2.34. The molecular formula is C24H26N2O2S. The standard InChI is InChI=1S/C24H26N2O2S/c27-20(18-12-10-17(11-13-18)16-6-2-1-3-7-16)14-26-15-25-23-22(24(26)28)19-8-4-5-9-21(19)29-23/h10-13,15-16H,1-9,14H2. The van der Waals surface area contributed by atoms with Gasteiger partial charge in [0.05, 0.1) is 18.3 Å². The number of fused-ring (bicyclic) bond motifs is 3. The predicted molar refractivity (Wildman–Crippen MR) is 117 cm³/mol. The van der Waals surface area contributed by atoms with Gasteiger partial charge in [-0.15, -0.1) is 11.3 Å². The van der Waals surface area contributed by atoms with Crippen LogP contribution in [0.2, 0.25) is 0 Å². The van der Waals surface area contributed by atoms with Crippen molar-refractivity contribution in [2.24, 2.45) is 0 Å². The minimum Gasteiger partial charge on any atom is -0.292 e. The van der Waals surface area contributed by atoms with Crippen LogP contribution >= 0.6 is 11.3 Å². The Balaban J connectivity index is 1.38. The summed E-state index contributed by atoms with van der Waals surface area (Å²) >= 11 is 1.64. The molecule has 2 aliphatic rings. The first-order chi connectivity index (χ1) is 14.2. The molecule has 0 amide bonds. The smallest absolute Gasteiger partial charge is 0.262 e. The molecule has 1 saturated carbocycles. The maximum Gasteiger partial charge on any atom is 0.262 e. The van der Waals surface area contributed by atoms with Gasteiger partial charge in [0, 0.05) is 10.4 Å². The molecule has 5 heteroatoms. The molecule has 2 aliphatic carbocycles. The van der Waals surface area contributed by atoms with Crippen LogP contribution in [0, 0.1) is 0 Å². The van der Waals surface area contributed by atoms with E-state index >= 15 is 0 Å². The summed E-state index contributed by atoms with van der Waals surface area (Å²) in [6, 6.07) is 8.05. The molecule has 150 valence electrons. The highest BCUT2D eigenvalue weighted by Gasteiger charge is 2.21. The summed E-state index contributed by atoms with van der Waals surface area (Å²) in [5.74, 6) is 0.597. The van der Waals surface area contributed by atoms with Gasteiger partial charge in [0.1, 0.15) is 4.83 Å². The zero-order valence-electron chi connectivity index (χ0n) is 16.7. The molecule has 0 unspecified atom stereocenters. The molecular weight excluding hydrogens is 380 g/mol. The zero-order valence-corrected chi connectivity index (χ0v) is 17.5. The van der Waals surface area contributed by atoms with Crippen molar-refractivity contribution in [3.8, 4) is 0 Å². The maximum absolute atomic E-state index is 13.1. The van der Waals surface area contributed by atoms with Crippen molar-refractivity contribution in [2.75, 3.05) is 0 Å². The summed E-state index contributed by atoms with van der Waals surface area (Å²) in [5, 5.41) is 0.743. The number of ketones is 1. The third kappa shape index (κ3) is 3.57. The molecule has 0 N–H and O–H groups in total. The van der Waals surface area contributed by atoms with Crippen LogP contribution in [0.15, 0.2) is 35.4 Å². The zero-order chi connectivity index (χ0) is 19.8. The van der Waals surface area contributed by atoms with E-state index in [0.29, 0.717) is 11.5 Å². The van der Waals surface area contributed by atoms with Crippen molar-refractivity contribution in [3.63, 3.8) is 0 Å². The largest absolute Gasteiger partial charge is 0.292 e. The van der Waals surface area contributed by atoms with Crippen molar-refractivity contribution in [1.29, 1.82) is 0 Å². The summed E-state index contributed by atoms with van der Waals surface area (Å²) in [7, 11) is 0. The second kappa shape index (κ2) is 7.86. The van der Waals surface area contributed by atoms with Gasteiger partial charge in [-0.25, -0.2) is 4.98 Å². The van der Waals surface area contributed by atoms with E-state index < -0.39 is 0 Å². The third-order valence-corrected chi connectivity index (χ3v) is 7.76. The van der Waals surface area contributed by atoms with E-state index in [4.69, 9.17) is 0 Å². The van der Waals surface area contributed by atoms with Gasteiger partial charge in [-0.3, -0.25) is 14.2 Å². The Morgan fingerprint density at radius 2 is 1.79 bits per heavy atom. The second-order valence-electron chi connectivity index (χ2n) is 8.45. The minimum absolute atomic E-state index is 0.0347. The number of nitrogens with zero attached hydrogens (tertiary/aromatic N) is 2. The number of carbonyl (C=O) groups excluding carboxylic acids is 1. The summed E-state index contributed by atoms with van der Waals surface area (Å²) in [5.41, 5.74) is 3.12. The summed E-state index contributed by atoms with van der Waals surface area (Å²) in [4.78, 5) is 32.5. The molecule has 29 heavy (non-hydrogen) atoms. The van der Waals surface area contributed by atoms with Gasteiger partial charge >= 0.3 is 0 Å². The maximum atomic E-state index is 13.1. The van der Waals surface area contributed by atoms with Crippen LogP contribution in [-0.4, -0.2) is 15.3 Å². The topological polar surface area (TPSA) is 52.0 Å². The van der Waals surface area contributed by atoms with E-state index in [2.05, 4.69) is 17.1 Å². The van der Waals surface area contributed by atoms with Crippen LogP contribution < -0.4 is 5.56 Å². The number of Topliss-reactive ketones (excluding diaryl/α,β-unsaturated/α-hetero) is 1. The average Bonchev–Trinajstić information content (AvgIpc) is 3.16. The van der Waals surface area contributed by atoms with Gasteiger partial charge in [0.2, 0.25) is 0 Å². The molecule has 0 radical (unpaired) electrons. The Labute approximate surface area is 174 Å². The van der Waals surface area contributed by atoms with Crippen LogP contribution in [0.1, 0.15) is 77.2 Å². The fourth-order valence-corrected chi connectivity index (χ4v) is 6.14. The first-order valence-corrected chi connectivity index (χ1v) is 11.7. The Morgan fingerprint density at radius 1 is 1.03 bits per heavy atom. The van der Waals surface area contributed by atoms with E-state index in [9.17, 15) is 9.59 Å². The van der Waals surface area contributed by atoms with Gasteiger partial charge in [0.25, 0.3) is 5.56 Å². The molecule has 0 saturated heterocycles. The highest BCUT2D eigenvalue weighted by molar-refractivity contribution is 7.18. The number of hydrogen-bond acceptors (Lipinski definition) is 4. The SMILES string of the molecule is O=C(Cn1cnc2sc3c(c2c1=O)CCCC3)c1ccc(C2CCCCC2)cc1. The van der Waals surface area contributed by atoms with Gasteiger partial charge in [-0.05, 0) is 55.6 Å². The Hall–Kier alpha value is -2.27. The molecule has 2 heterocycles. The van der Waals surface area contributed by atoms with Crippen molar-refractivity contribution in [2.45, 2.75) is 70.3 Å². The van der Waals surface area contributed by atoms with Crippen molar-refractivity contribution >= 4 is 27.3 Å². The Kier molecular flexibility index (Phi) is 5.08. The number of aryl methyl sites for hydroxylation is 2. The Morgan fingerprint density at radius 3 is 2.59 bits per heavy atom. The van der Waals surface area contributed by atoms with Crippen LogP contribution in [0.5, 0.6) is 0 Å². The first kappa shape index (κ1) is 18.7. The summed E-state index contributed by atoms with van der Waals surface area (Å²) in [6.07, 6.45) is 12.3. The van der Waals surface area contributed by atoms with Crippen LogP contribution in [0.4, 0.5) is 0 Å². The number of thiophene rings is 1. The molecule has 0 spiro atoms. The fourth-order valence-electron chi connectivity index (χ4n) is 4.92. The second-order valence-corrected chi connectivity index (χ2v) is 9.53. The lowest BCUT2D eigenvalue weighted by Gasteiger charge is -2.22. The normalized spacial score (nSPS) is 17.4. The van der Waals surface area contributed by atoms with E-state index in [1.54, 1.807) is 17.7 Å². The van der Waals surface area contributed by atoms with Crippen LogP contribution in [0.25, 0.3) is 10.2 Å². The summed E-state index contributed by atoms with van der Waals surface area (Å²) < 4.78 is 1.49. The molecule has 1 fully saturated rings. The molecule has 2 aromatic heterocycles. The number of rotatable bonds is 4. The third-order valence-electron chi connectivity index (χ3n) is 6.57. The molecule has 4 nitrogen and oxygen atoms in total. The molecule has 3 aromatic rings. The lowest BCUT2D eigenvalue weighted by atomic mass is 9.84. The van der Waals surface area contributed by atoms with E-state index in [1.165, 1.54) is 59.1 Å². The van der Waals surface area contributed by atoms with Crippen LogP contribution in [0.3, 0.4) is 0 Å². The van der Waals surface area contributed by atoms with Crippen molar-refractivity contribution in [3.05, 3.63) is 62.5 Å². The van der Waals surface area contributed by atoms with Gasteiger partial charge in [-0.1, -0.05) is 43.5 Å². The fraction of sp³-hybridized carbons (Fsp3) is 0.458. The molecule has 1 aromatic carbocycles. The van der Waals surface area contributed by atoms with E-state index in [-0.39, 0.29) is 17.9 Å². The minimum atomic E-state index is -0.0680. The molecule has 0 bridgehead atoms. The number of hydrogen-bond donors (Lipinski definition) is 0. The van der Waals surface area contributed by atoms with Crippen LogP contribution in [-0.2, 0) is 19.4 Å². The molecule has 0 aliphatic heterocycles. The monoisotopic (exact) mass is 406 g/mol. The highest BCUT2D eigenvalue weighted by atomic mass is 32.1. The quantitative estimate of drug-likeness (QED) is 0.555. The Bertz CT molecular complexity index is 1100. The van der Waals surface area contributed by atoms with Crippen molar-refractivity contribution < 1.29 is 4.79 Å². The van der Waals surface area contributed by atoms with Gasteiger partial charge in [0.15, 0.2) is 5.78 Å². The average molecular weight is 407 g/mol. The number of carbonyl (C=O) groups is 1. The van der Waals surface area contributed by atoms with Gasteiger partial charge < -0.3 is 0 Å². The first-order valence-electron chi connectivity index (χ1n) is 10.8. The van der Waals surface area contributed by atoms with E-state index in [1.807, 2.05) is 12.1 Å². The lowest BCUT2D eigenvalue weighted by Crippen LogP contribution is -2.25. The molecule has 0 atom stereocenters. The number of aromatic nitrogens is 2. The number of benzene rings is 1. The predicted octanol–water partition coefficient (Wildman–Crippen LogP) is 5.27. The van der Waals surface area contributed by atoms with E-state index in [0.717, 1.165) is 29.5 Å². The van der Waals surface area contributed by atoms with Crippen molar-refractivity contribution in [1.82, 2.24) is 9.55 Å². The summed E-state index contributed by atoms with van der Waals surface area (Å²) in [6.45, 7) is 0.0508. The van der Waals surface area contributed by atoms with Gasteiger partial charge in [-0.2, -0.15) is 0 Å². The molecule has 5 rings (SSSR count). The lowest BCUT2D eigenvalue weighted by molar-refractivity contribution is 0.0970.